The normalized spacial score (nSPS) is 27.2. The van der Waals surface area contributed by atoms with E-state index in [2.05, 4.69) is 4.90 Å². The molecular weight excluding hydrogens is 217 g/mol. The molecule has 0 aromatic heterocycles. The largest absolute Gasteiger partial charge is 0.371 e. The molecule has 1 aliphatic carbocycles. The number of aldehydes is 1. The Morgan fingerprint density at radius 1 is 1.18 bits per heavy atom. The van der Waals surface area contributed by atoms with Crippen molar-refractivity contribution in [2.45, 2.75) is 19.3 Å². The third kappa shape index (κ3) is 1.94. The highest BCUT2D eigenvalue weighted by Gasteiger charge is 2.36. The zero-order valence-corrected chi connectivity index (χ0v) is 9.73. The van der Waals surface area contributed by atoms with Gasteiger partial charge in [0.05, 0.1) is 0 Å². The smallest absolute Gasteiger partial charge is 0.150 e. The van der Waals surface area contributed by atoms with Gasteiger partial charge in [-0.05, 0) is 42.9 Å². The molecule has 2 nitrogen and oxygen atoms in total. The minimum Gasteiger partial charge on any atom is -0.371 e. The van der Waals surface area contributed by atoms with E-state index in [9.17, 15) is 9.18 Å². The average Bonchev–Trinajstić information content (AvgIpc) is 2.88. The lowest BCUT2D eigenvalue weighted by atomic mass is 10.0. The quantitative estimate of drug-likeness (QED) is 0.732. The summed E-state index contributed by atoms with van der Waals surface area (Å²) in [5, 5.41) is 0. The Balaban J connectivity index is 1.85. The van der Waals surface area contributed by atoms with Gasteiger partial charge in [-0.1, -0.05) is 6.42 Å². The fraction of sp³-hybridized carbons (Fsp3) is 0.500. The number of halogens is 1. The average molecular weight is 233 g/mol. The number of hydrogen-bond acceptors (Lipinski definition) is 2. The van der Waals surface area contributed by atoms with E-state index in [1.54, 1.807) is 6.07 Å². The molecule has 2 atom stereocenters. The second-order valence-corrected chi connectivity index (χ2v) is 5.22. The van der Waals surface area contributed by atoms with Crippen LogP contribution in [0.25, 0.3) is 0 Å². The first-order valence-electron chi connectivity index (χ1n) is 6.27. The molecule has 3 rings (SSSR count). The van der Waals surface area contributed by atoms with E-state index in [4.69, 9.17) is 0 Å². The minimum atomic E-state index is -0.318. The second-order valence-electron chi connectivity index (χ2n) is 5.22. The summed E-state index contributed by atoms with van der Waals surface area (Å²) in [5.74, 6) is 1.23. The fourth-order valence-electron chi connectivity index (χ4n) is 3.29. The van der Waals surface area contributed by atoms with Gasteiger partial charge in [0.25, 0.3) is 0 Å². The molecule has 1 saturated carbocycles. The Hall–Kier alpha value is -1.38. The molecule has 90 valence electrons. The lowest BCUT2D eigenvalue weighted by molar-refractivity contribution is 0.112. The van der Waals surface area contributed by atoms with Crippen LogP contribution >= 0.6 is 0 Å². The molecule has 0 N–H and O–H groups in total. The summed E-state index contributed by atoms with van der Waals surface area (Å²) in [4.78, 5) is 13.0. The summed E-state index contributed by atoms with van der Waals surface area (Å²) in [7, 11) is 0. The maximum Gasteiger partial charge on any atom is 0.150 e. The van der Waals surface area contributed by atoms with Crippen molar-refractivity contribution in [2.75, 3.05) is 18.0 Å². The summed E-state index contributed by atoms with van der Waals surface area (Å²) in [6.07, 6.45) is 4.66. The van der Waals surface area contributed by atoms with Crippen molar-refractivity contribution < 1.29 is 9.18 Å². The van der Waals surface area contributed by atoms with E-state index in [0.29, 0.717) is 11.8 Å². The molecule has 1 heterocycles. The van der Waals surface area contributed by atoms with Gasteiger partial charge in [-0.3, -0.25) is 4.79 Å². The van der Waals surface area contributed by atoms with Crippen LogP contribution in [0.3, 0.4) is 0 Å². The van der Waals surface area contributed by atoms with Crippen molar-refractivity contribution in [3.63, 3.8) is 0 Å². The van der Waals surface area contributed by atoms with E-state index in [0.717, 1.165) is 30.6 Å². The molecule has 2 aliphatic rings. The summed E-state index contributed by atoms with van der Waals surface area (Å²) in [6, 6.07) is 4.61. The zero-order valence-electron chi connectivity index (χ0n) is 9.73. The molecule has 1 aromatic carbocycles. The van der Waals surface area contributed by atoms with Crippen LogP contribution in [0, 0.1) is 17.7 Å². The lowest BCUT2D eigenvalue weighted by Crippen LogP contribution is -2.20. The molecule has 0 bridgehead atoms. The Kier molecular flexibility index (Phi) is 2.61. The van der Waals surface area contributed by atoms with Crippen LogP contribution in [0.1, 0.15) is 29.6 Å². The van der Waals surface area contributed by atoms with Crippen LogP contribution in [0.15, 0.2) is 18.2 Å². The Morgan fingerprint density at radius 2 is 1.88 bits per heavy atom. The summed E-state index contributed by atoms with van der Waals surface area (Å²) >= 11 is 0. The first kappa shape index (κ1) is 10.8. The molecular formula is C14H16FNO. The summed E-state index contributed by atoms with van der Waals surface area (Å²) < 4.78 is 13.4. The number of fused-ring (bicyclic) bond motifs is 1. The molecule has 17 heavy (non-hydrogen) atoms. The third-order valence-electron chi connectivity index (χ3n) is 4.13. The van der Waals surface area contributed by atoms with Gasteiger partial charge < -0.3 is 4.90 Å². The Bertz CT molecular complexity index is 434. The third-order valence-corrected chi connectivity index (χ3v) is 4.13. The van der Waals surface area contributed by atoms with Crippen molar-refractivity contribution >= 4 is 12.0 Å². The van der Waals surface area contributed by atoms with Gasteiger partial charge >= 0.3 is 0 Å². The number of rotatable bonds is 2. The first-order valence-corrected chi connectivity index (χ1v) is 6.27. The predicted octanol–water partition coefficient (Wildman–Crippen LogP) is 2.87. The van der Waals surface area contributed by atoms with Gasteiger partial charge in [0.15, 0.2) is 0 Å². The Morgan fingerprint density at radius 3 is 2.53 bits per heavy atom. The fourth-order valence-corrected chi connectivity index (χ4v) is 3.29. The lowest BCUT2D eigenvalue weighted by Gasteiger charge is -2.20. The Labute approximate surface area is 100 Å². The van der Waals surface area contributed by atoms with Crippen molar-refractivity contribution in [3.8, 4) is 0 Å². The first-order chi connectivity index (χ1) is 8.26. The van der Waals surface area contributed by atoms with Crippen LogP contribution in [-0.2, 0) is 0 Å². The highest BCUT2D eigenvalue weighted by molar-refractivity contribution is 5.77. The number of hydrogen-bond donors (Lipinski definition) is 0. The monoisotopic (exact) mass is 233 g/mol. The SMILES string of the molecule is O=Cc1cc(F)cc(N2CC3CCCC3C2)c1. The predicted molar refractivity (Wildman–Crippen MR) is 64.8 cm³/mol. The number of carbonyl (C=O) groups is 1. The second kappa shape index (κ2) is 4.13. The van der Waals surface area contributed by atoms with Gasteiger partial charge in [-0.2, -0.15) is 0 Å². The van der Waals surface area contributed by atoms with Gasteiger partial charge in [-0.15, -0.1) is 0 Å². The van der Waals surface area contributed by atoms with E-state index < -0.39 is 0 Å². The highest BCUT2D eigenvalue weighted by atomic mass is 19.1. The van der Waals surface area contributed by atoms with Crippen LogP contribution in [0.2, 0.25) is 0 Å². The minimum absolute atomic E-state index is 0.318. The topological polar surface area (TPSA) is 20.3 Å². The van der Waals surface area contributed by atoms with Crippen molar-refractivity contribution in [1.29, 1.82) is 0 Å². The number of nitrogens with zero attached hydrogens (tertiary/aromatic N) is 1. The van der Waals surface area contributed by atoms with Crippen molar-refractivity contribution in [3.05, 3.63) is 29.6 Å². The van der Waals surface area contributed by atoms with E-state index in [1.165, 1.54) is 31.4 Å². The molecule has 1 aromatic rings. The number of carbonyl (C=O) groups excluding carboxylic acids is 1. The summed E-state index contributed by atoms with van der Waals surface area (Å²) in [6.45, 7) is 2.04. The van der Waals surface area contributed by atoms with Gasteiger partial charge in [0, 0.05) is 24.3 Å². The van der Waals surface area contributed by atoms with Gasteiger partial charge in [0.2, 0.25) is 0 Å². The number of benzene rings is 1. The standard InChI is InChI=1S/C14H16FNO/c15-13-4-10(9-17)5-14(6-13)16-7-11-2-1-3-12(11)8-16/h4-6,9,11-12H,1-3,7-8H2. The zero-order chi connectivity index (χ0) is 11.8. The van der Waals surface area contributed by atoms with E-state index in [-0.39, 0.29) is 5.82 Å². The molecule has 0 spiro atoms. The van der Waals surface area contributed by atoms with Gasteiger partial charge in [-0.25, -0.2) is 4.39 Å². The number of anilines is 1. The molecule has 2 unspecified atom stereocenters. The van der Waals surface area contributed by atoms with E-state index >= 15 is 0 Å². The molecule has 0 amide bonds. The molecule has 1 aliphatic heterocycles. The van der Waals surface area contributed by atoms with Crippen LogP contribution in [-0.4, -0.2) is 19.4 Å². The molecule has 2 fully saturated rings. The van der Waals surface area contributed by atoms with E-state index in [1.807, 2.05) is 0 Å². The van der Waals surface area contributed by atoms with Crippen LogP contribution < -0.4 is 4.90 Å². The van der Waals surface area contributed by atoms with Crippen molar-refractivity contribution in [1.82, 2.24) is 0 Å². The highest BCUT2D eigenvalue weighted by Crippen LogP contribution is 2.39. The molecule has 3 heteroatoms. The maximum absolute atomic E-state index is 13.4. The summed E-state index contributed by atoms with van der Waals surface area (Å²) in [5.41, 5.74) is 1.29. The molecule has 0 radical (unpaired) electrons. The molecule has 1 saturated heterocycles. The van der Waals surface area contributed by atoms with Gasteiger partial charge in [0.1, 0.15) is 12.1 Å². The van der Waals surface area contributed by atoms with Crippen LogP contribution in [0.4, 0.5) is 10.1 Å². The maximum atomic E-state index is 13.4. The van der Waals surface area contributed by atoms with Crippen LogP contribution in [0.5, 0.6) is 0 Å². The van der Waals surface area contributed by atoms with Crippen molar-refractivity contribution in [2.24, 2.45) is 11.8 Å².